The second-order valence-corrected chi connectivity index (χ2v) is 5.38. The van der Waals surface area contributed by atoms with E-state index < -0.39 is 0 Å². The number of halogens is 1. The fourth-order valence-corrected chi connectivity index (χ4v) is 2.39. The predicted molar refractivity (Wildman–Crippen MR) is 88.6 cm³/mol. The van der Waals surface area contributed by atoms with Crippen molar-refractivity contribution in [1.29, 1.82) is 0 Å². The van der Waals surface area contributed by atoms with Crippen LogP contribution in [0.5, 0.6) is 11.5 Å². The van der Waals surface area contributed by atoms with Crippen molar-refractivity contribution in [3.8, 4) is 11.5 Å². The summed E-state index contributed by atoms with van der Waals surface area (Å²) in [5, 5.41) is 4.51. The molecule has 0 fully saturated rings. The number of carbonyl (C=O) groups is 1. The lowest BCUT2D eigenvalue weighted by Gasteiger charge is -2.18. The van der Waals surface area contributed by atoms with Gasteiger partial charge in [-0.05, 0) is 37.3 Å². The fourth-order valence-electron chi connectivity index (χ4n) is 2.17. The molecule has 0 spiro atoms. The molecule has 23 heavy (non-hydrogen) atoms. The Kier molecular flexibility index (Phi) is 4.48. The van der Waals surface area contributed by atoms with Crippen molar-refractivity contribution in [2.24, 2.45) is 5.10 Å². The summed E-state index contributed by atoms with van der Waals surface area (Å²) in [5.74, 6) is 1.04. The third-order valence-electron chi connectivity index (χ3n) is 3.40. The molecular formula is C17H15ClN2O3. The number of benzene rings is 2. The highest BCUT2D eigenvalue weighted by atomic mass is 35.5. The van der Waals surface area contributed by atoms with Crippen molar-refractivity contribution in [3.05, 3.63) is 58.6 Å². The van der Waals surface area contributed by atoms with Crippen LogP contribution in [0.25, 0.3) is 0 Å². The first-order valence-corrected chi connectivity index (χ1v) is 7.52. The maximum absolute atomic E-state index is 12.1. The summed E-state index contributed by atoms with van der Waals surface area (Å²) < 4.78 is 11.0. The van der Waals surface area contributed by atoms with Gasteiger partial charge in [-0.3, -0.25) is 4.79 Å². The zero-order valence-electron chi connectivity index (χ0n) is 12.5. The number of nitrogens with zero attached hydrogens (tertiary/aromatic N) is 1. The van der Waals surface area contributed by atoms with Crippen LogP contribution in [0, 0.1) is 0 Å². The lowest BCUT2D eigenvalue weighted by Crippen LogP contribution is -2.20. The Balaban J connectivity index is 1.75. The molecule has 0 radical (unpaired) electrons. The number of hydrazone groups is 1. The van der Waals surface area contributed by atoms with E-state index in [1.54, 1.807) is 31.2 Å². The molecule has 1 aliphatic heterocycles. The maximum Gasteiger partial charge on any atom is 0.272 e. The Bertz CT molecular complexity index is 774. The lowest BCUT2D eigenvalue weighted by atomic mass is 10.1. The first-order valence-electron chi connectivity index (χ1n) is 7.14. The van der Waals surface area contributed by atoms with E-state index >= 15 is 0 Å². The molecule has 118 valence electrons. The Morgan fingerprint density at radius 1 is 1.13 bits per heavy atom. The van der Waals surface area contributed by atoms with E-state index in [1.807, 2.05) is 18.2 Å². The molecule has 1 amide bonds. The number of hydrogen-bond acceptors (Lipinski definition) is 4. The number of rotatable bonds is 3. The average molecular weight is 331 g/mol. The minimum atomic E-state index is -0.354. The van der Waals surface area contributed by atoms with Crippen molar-refractivity contribution < 1.29 is 14.3 Å². The van der Waals surface area contributed by atoms with E-state index in [0.29, 0.717) is 41.0 Å². The van der Waals surface area contributed by atoms with Crippen molar-refractivity contribution in [2.75, 3.05) is 13.2 Å². The lowest BCUT2D eigenvalue weighted by molar-refractivity contribution is 0.0955. The monoisotopic (exact) mass is 330 g/mol. The molecule has 0 aliphatic carbocycles. The SMILES string of the molecule is C/C(=N/NC(=O)c1ccccc1Cl)c1ccc2c(c1)OCCO2. The van der Waals surface area contributed by atoms with Gasteiger partial charge in [0, 0.05) is 5.56 Å². The third-order valence-corrected chi connectivity index (χ3v) is 3.73. The van der Waals surface area contributed by atoms with Gasteiger partial charge in [0.2, 0.25) is 0 Å². The van der Waals surface area contributed by atoms with Gasteiger partial charge >= 0.3 is 0 Å². The van der Waals surface area contributed by atoms with Crippen LogP contribution in [0.1, 0.15) is 22.8 Å². The zero-order chi connectivity index (χ0) is 16.2. The van der Waals surface area contributed by atoms with Crippen LogP contribution in [0.3, 0.4) is 0 Å². The number of fused-ring (bicyclic) bond motifs is 1. The standard InChI is InChI=1S/C17H15ClN2O3/c1-11(12-6-7-15-16(10-12)23-9-8-22-15)19-20-17(21)13-4-2-3-5-14(13)18/h2-7,10H,8-9H2,1H3,(H,20,21)/b19-11-. The van der Waals surface area contributed by atoms with Crippen LogP contribution >= 0.6 is 11.6 Å². The molecule has 3 rings (SSSR count). The van der Waals surface area contributed by atoms with Crippen LogP contribution in [0.4, 0.5) is 0 Å². The van der Waals surface area contributed by atoms with E-state index in [2.05, 4.69) is 10.5 Å². The molecule has 1 aliphatic rings. The normalized spacial score (nSPS) is 13.6. The summed E-state index contributed by atoms with van der Waals surface area (Å²) in [6.07, 6.45) is 0. The zero-order valence-corrected chi connectivity index (χ0v) is 13.3. The van der Waals surface area contributed by atoms with Crippen molar-refractivity contribution in [3.63, 3.8) is 0 Å². The Hall–Kier alpha value is -2.53. The summed E-state index contributed by atoms with van der Waals surface area (Å²) in [4.78, 5) is 12.1. The first-order chi connectivity index (χ1) is 11.1. The second kappa shape index (κ2) is 6.71. The van der Waals surface area contributed by atoms with Crippen molar-refractivity contribution >= 4 is 23.2 Å². The van der Waals surface area contributed by atoms with Gasteiger partial charge in [0.15, 0.2) is 11.5 Å². The van der Waals surface area contributed by atoms with Gasteiger partial charge in [0.1, 0.15) is 13.2 Å². The second-order valence-electron chi connectivity index (χ2n) is 4.98. The highest BCUT2D eigenvalue weighted by Crippen LogP contribution is 2.30. The third kappa shape index (κ3) is 3.46. The van der Waals surface area contributed by atoms with Gasteiger partial charge in [0.05, 0.1) is 16.3 Å². The number of amides is 1. The number of nitrogens with one attached hydrogen (secondary N) is 1. The Labute approximate surface area is 138 Å². The van der Waals surface area contributed by atoms with Crippen molar-refractivity contribution in [2.45, 2.75) is 6.92 Å². The van der Waals surface area contributed by atoms with Gasteiger partial charge in [0.25, 0.3) is 5.91 Å². The van der Waals surface area contributed by atoms with Gasteiger partial charge in [-0.1, -0.05) is 23.7 Å². The van der Waals surface area contributed by atoms with E-state index in [-0.39, 0.29) is 5.91 Å². The number of ether oxygens (including phenoxy) is 2. The summed E-state index contributed by atoms with van der Waals surface area (Å²) in [5.41, 5.74) is 4.39. The largest absolute Gasteiger partial charge is 0.486 e. The van der Waals surface area contributed by atoms with Crippen LogP contribution < -0.4 is 14.9 Å². The molecule has 5 nitrogen and oxygen atoms in total. The van der Waals surface area contributed by atoms with Crippen LogP contribution in [0.2, 0.25) is 5.02 Å². The predicted octanol–water partition coefficient (Wildman–Crippen LogP) is 3.27. The molecular weight excluding hydrogens is 316 g/mol. The first kappa shape index (κ1) is 15.4. The molecule has 0 aromatic heterocycles. The van der Waals surface area contributed by atoms with Crippen LogP contribution in [0.15, 0.2) is 47.6 Å². The maximum atomic E-state index is 12.1. The molecule has 2 aromatic rings. The fraction of sp³-hybridized carbons (Fsp3) is 0.176. The number of hydrogen-bond donors (Lipinski definition) is 1. The van der Waals surface area contributed by atoms with Gasteiger partial charge < -0.3 is 9.47 Å². The molecule has 0 bridgehead atoms. The number of carbonyl (C=O) groups excluding carboxylic acids is 1. The van der Waals surface area contributed by atoms with E-state index in [4.69, 9.17) is 21.1 Å². The van der Waals surface area contributed by atoms with Gasteiger partial charge in [-0.2, -0.15) is 5.10 Å². The quantitative estimate of drug-likeness (QED) is 0.694. The van der Waals surface area contributed by atoms with Crippen LogP contribution in [-0.4, -0.2) is 24.8 Å². The van der Waals surface area contributed by atoms with Gasteiger partial charge in [-0.15, -0.1) is 0 Å². The van der Waals surface area contributed by atoms with E-state index in [9.17, 15) is 4.79 Å². The van der Waals surface area contributed by atoms with Crippen LogP contribution in [-0.2, 0) is 0 Å². The van der Waals surface area contributed by atoms with Gasteiger partial charge in [-0.25, -0.2) is 5.43 Å². The molecule has 0 atom stereocenters. The molecule has 1 N–H and O–H groups in total. The molecule has 6 heteroatoms. The molecule has 0 saturated carbocycles. The molecule has 1 heterocycles. The Morgan fingerprint density at radius 3 is 2.65 bits per heavy atom. The summed E-state index contributed by atoms with van der Waals surface area (Å²) in [6, 6.07) is 12.4. The van der Waals surface area contributed by atoms with E-state index in [0.717, 1.165) is 5.56 Å². The average Bonchev–Trinajstić information content (AvgIpc) is 2.59. The highest BCUT2D eigenvalue weighted by molar-refractivity contribution is 6.33. The highest BCUT2D eigenvalue weighted by Gasteiger charge is 2.13. The topological polar surface area (TPSA) is 59.9 Å². The summed E-state index contributed by atoms with van der Waals surface area (Å²) in [7, 11) is 0. The Morgan fingerprint density at radius 2 is 1.87 bits per heavy atom. The summed E-state index contributed by atoms with van der Waals surface area (Å²) in [6.45, 7) is 2.88. The molecule has 0 saturated heterocycles. The van der Waals surface area contributed by atoms with Crippen molar-refractivity contribution in [1.82, 2.24) is 5.43 Å². The smallest absolute Gasteiger partial charge is 0.272 e. The summed E-state index contributed by atoms with van der Waals surface area (Å²) >= 11 is 5.99. The molecule has 0 unspecified atom stereocenters. The minimum Gasteiger partial charge on any atom is -0.486 e. The molecule has 2 aromatic carbocycles. The minimum absolute atomic E-state index is 0.354. The van der Waals surface area contributed by atoms with E-state index in [1.165, 1.54) is 0 Å².